The number of ether oxygens (including phenoxy) is 2. The molecule has 6 nitrogen and oxygen atoms in total. The number of aromatic nitrogens is 1. The van der Waals surface area contributed by atoms with Crippen molar-refractivity contribution >= 4 is 33.8 Å². The Morgan fingerprint density at radius 3 is 2.50 bits per heavy atom. The van der Waals surface area contributed by atoms with E-state index in [0.717, 1.165) is 11.4 Å². The van der Waals surface area contributed by atoms with E-state index in [1.165, 1.54) is 25.4 Å². The van der Waals surface area contributed by atoms with Crippen molar-refractivity contribution in [2.75, 3.05) is 18.6 Å². The van der Waals surface area contributed by atoms with Crippen molar-refractivity contribution in [2.24, 2.45) is 0 Å². The second-order valence-electron chi connectivity index (χ2n) is 6.71. The van der Waals surface area contributed by atoms with Gasteiger partial charge in [-0.25, -0.2) is 4.98 Å². The molecule has 30 heavy (non-hydrogen) atoms. The molecule has 0 unspecified atom stereocenters. The highest BCUT2D eigenvalue weighted by molar-refractivity contribution is 7.14. The number of hydrogen-bond donors (Lipinski definition) is 0. The molecule has 7 heteroatoms. The number of Topliss-reactive ketones (excluding diaryl/α,β-unsaturated/α-hetero) is 1. The SMILES string of the molecule is COc1cc(C(C)=O)ccc1OCCCC(=O)N(c1ccccc1)c1nc(C)cs1. The van der Waals surface area contributed by atoms with Gasteiger partial charge in [-0.05, 0) is 50.6 Å². The highest BCUT2D eigenvalue weighted by Gasteiger charge is 2.20. The number of methoxy groups -OCH3 is 1. The first-order valence-electron chi connectivity index (χ1n) is 9.61. The Balaban J connectivity index is 1.63. The molecule has 1 aromatic heterocycles. The van der Waals surface area contributed by atoms with Crippen molar-refractivity contribution in [3.05, 3.63) is 65.2 Å². The molecule has 0 radical (unpaired) electrons. The molecule has 0 aliphatic carbocycles. The van der Waals surface area contributed by atoms with Crippen molar-refractivity contribution in [3.8, 4) is 11.5 Å². The maximum atomic E-state index is 13.0. The monoisotopic (exact) mass is 424 g/mol. The summed E-state index contributed by atoms with van der Waals surface area (Å²) in [6, 6.07) is 14.6. The summed E-state index contributed by atoms with van der Waals surface area (Å²) in [6.45, 7) is 3.76. The molecule has 0 aliphatic rings. The van der Waals surface area contributed by atoms with Gasteiger partial charge in [0.1, 0.15) is 0 Å². The van der Waals surface area contributed by atoms with Gasteiger partial charge in [-0.15, -0.1) is 11.3 Å². The standard InChI is InChI=1S/C23H24N2O4S/c1-16-15-30-23(24-16)25(19-8-5-4-6-9-19)22(27)10-7-13-29-20-12-11-18(17(2)26)14-21(20)28-3/h4-6,8-9,11-12,14-15H,7,10,13H2,1-3H3. The summed E-state index contributed by atoms with van der Waals surface area (Å²) in [5, 5.41) is 2.59. The zero-order chi connectivity index (χ0) is 21.5. The highest BCUT2D eigenvalue weighted by Crippen LogP contribution is 2.30. The van der Waals surface area contributed by atoms with Gasteiger partial charge in [0.05, 0.1) is 25.1 Å². The first-order chi connectivity index (χ1) is 14.5. The fraction of sp³-hybridized carbons (Fsp3) is 0.261. The molecule has 3 rings (SSSR count). The molecule has 0 N–H and O–H groups in total. The van der Waals surface area contributed by atoms with Gasteiger partial charge >= 0.3 is 0 Å². The fourth-order valence-electron chi connectivity index (χ4n) is 2.91. The predicted molar refractivity (Wildman–Crippen MR) is 118 cm³/mol. The summed E-state index contributed by atoms with van der Waals surface area (Å²) in [5.41, 5.74) is 2.24. The Bertz CT molecular complexity index is 1020. The molecule has 3 aromatic rings. The number of carbonyl (C=O) groups is 2. The smallest absolute Gasteiger partial charge is 0.233 e. The fourth-order valence-corrected chi connectivity index (χ4v) is 3.74. The van der Waals surface area contributed by atoms with E-state index in [1.54, 1.807) is 23.1 Å². The Hall–Kier alpha value is -3.19. The highest BCUT2D eigenvalue weighted by atomic mass is 32.1. The van der Waals surface area contributed by atoms with Crippen LogP contribution in [0.1, 0.15) is 35.8 Å². The molecular weight excluding hydrogens is 400 g/mol. The number of para-hydroxylation sites is 1. The number of ketones is 1. The van der Waals surface area contributed by atoms with Gasteiger partial charge in [0, 0.05) is 17.4 Å². The van der Waals surface area contributed by atoms with Crippen molar-refractivity contribution in [2.45, 2.75) is 26.7 Å². The molecule has 0 bridgehead atoms. The van der Waals surface area contributed by atoms with Crippen LogP contribution in [0, 0.1) is 6.92 Å². The Morgan fingerprint density at radius 2 is 1.87 bits per heavy atom. The molecule has 0 aliphatic heterocycles. The second kappa shape index (κ2) is 10.0. The first kappa shape index (κ1) is 21.5. The van der Waals surface area contributed by atoms with Crippen LogP contribution in [0.3, 0.4) is 0 Å². The number of amides is 1. The molecule has 1 amide bonds. The molecule has 1 heterocycles. The quantitative estimate of drug-likeness (QED) is 0.349. The van der Waals surface area contributed by atoms with E-state index in [9.17, 15) is 9.59 Å². The molecule has 0 atom stereocenters. The maximum Gasteiger partial charge on any atom is 0.233 e. The molecule has 0 fully saturated rings. The average Bonchev–Trinajstić information content (AvgIpc) is 3.17. The molecule has 156 valence electrons. The van der Waals surface area contributed by atoms with E-state index in [2.05, 4.69) is 4.98 Å². The molecule has 0 spiro atoms. The van der Waals surface area contributed by atoms with Crippen molar-refractivity contribution in [1.29, 1.82) is 0 Å². The van der Waals surface area contributed by atoms with Crippen LogP contribution in [0.2, 0.25) is 0 Å². The van der Waals surface area contributed by atoms with E-state index in [4.69, 9.17) is 9.47 Å². The minimum atomic E-state index is -0.0435. The Labute approximate surface area is 180 Å². The van der Waals surface area contributed by atoms with E-state index in [1.807, 2.05) is 42.6 Å². The zero-order valence-corrected chi connectivity index (χ0v) is 18.1. The lowest BCUT2D eigenvalue weighted by molar-refractivity contribution is -0.118. The van der Waals surface area contributed by atoms with E-state index in [-0.39, 0.29) is 11.7 Å². The topological polar surface area (TPSA) is 68.7 Å². The largest absolute Gasteiger partial charge is 0.493 e. The van der Waals surface area contributed by atoms with Gasteiger partial charge in [0.15, 0.2) is 22.4 Å². The number of thiazole rings is 1. The van der Waals surface area contributed by atoms with Crippen LogP contribution in [-0.2, 0) is 4.79 Å². The van der Waals surface area contributed by atoms with Gasteiger partial charge in [-0.3, -0.25) is 14.5 Å². The number of benzene rings is 2. The van der Waals surface area contributed by atoms with E-state index < -0.39 is 0 Å². The zero-order valence-electron chi connectivity index (χ0n) is 17.3. The first-order valence-corrected chi connectivity index (χ1v) is 10.5. The number of hydrogen-bond acceptors (Lipinski definition) is 6. The molecule has 2 aromatic carbocycles. The minimum Gasteiger partial charge on any atom is -0.493 e. The summed E-state index contributed by atoms with van der Waals surface area (Å²) >= 11 is 1.44. The average molecular weight is 425 g/mol. The van der Waals surface area contributed by atoms with Crippen LogP contribution in [-0.4, -0.2) is 30.4 Å². The van der Waals surface area contributed by atoms with Gasteiger partial charge in [0.25, 0.3) is 0 Å². The maximum absolute atomic E-state index is 13.0. The Kier molecular flexibility index (Phi) is 7.19. The van der Waals surface area contributed by atoms with Crippen LogP contribution in [0.25, 0.3) is 0 Å². The lowest BCUT2D eigenvalue weighted by Crippen LogP contribution is -2.26. The van der Waals surface area contributed by atoms with E-state index >= 15 is 0 Å². The minimum absolute atomic E-state index is 0.0381. The molecular formula is C23H24N2O4S. The van der Waals surface area contributed by atoms with Gasteiger partial charge in [0.2, 0.25) is 5.91 Å². The van der Waals surface area contributed by atoms with Gasteiger partial charge in [-0.1, -0.05) is 18.2 Å². The summed E-state index contributed by atoms with van der Waals surface area (Å²) in [6.07, 6.45) is 0.839. The van der Waals surface area contributed by atoms with Crippen LogP contribution < -0.4 is 14.4 Å². The third kappa shape index (κ3) is 5.24. The van der Waals surface area contributed by atoms with Crippen LogP contribution in [0.15, 0.2) is 53.9 Å². The van der Waals surface area contributed by atoms with Gasteiger partial charge in [-0.2, -0.15) is 0 Å². The summed E-state index contributed by atoms with van der Waals surface area (Å²) in [7, 11) is 1.53. The van der Waals surface area contributed by atoms with Crippen molar-refractivity contribution < 1.29 is 19.1 Å². The molecule has 0 saturated carbocycles. The van der Waals surface area contributed by atoms with Crippen LogP contribution >= 0.6 is 11.3 Å². The third-order valence-electron chi connectivity index (χ3n) is 4.42. The summed E-state index contributed by atoms with van der Waals surface area (Å²) < 4.78 is 11.1. The number of aryl methyl sites for hydroxylation is 1. The lowest BCUT2D eigenvalue weighted by atomic mass is 10.1. The Morgan fingerprint density at radius 1 is 1.10 bits per heavy atom. The summed E-state index contributed by atoms with van der Waals surface area (Å²) in [4.78, 5) is 30.6. The second-order valence-corrected chi connectivity index (χ2v) is 7.55. The third-order valence-corrected chi connectivity index (χ3v) is 5.37. The van der Waals surface area contributed by atoms with Crippen LogP contribution in [0.5, 0.6) is 11.5 Å². The van der Waals surface area contributed by atoms with E-state index in [0.29, 0.717) is 41.6 Å². The number of carbonyl (C=O) groups excluding carboxylic acids is 2. The lowest BCUT2D eigenvalue weighted by Gasteiger charge is -2.20. The summed E-state index contributed by atoms with van der Waals surface area (Å²) in [5.74, 6) is 0.963. The van der Waals surface area contributed by atoms with Gasteiger partial charge < -0.3 is 9.47 Å². The van der Waals surface area contributed by atoms with Crippen molar-refractivity contribution in [3.63, 3.8) is 0 Å². The van der Waals surface area contributed by atoms with Crippen molar-refractivity contribution in [1.82, 2.24) is 4.98 Å². The normalized spacial score (nSPS) is 10.5. The molecule has 0 saturated heterocycles. The number of nitrogens with zero attached hydrogens (tertiary/aromatic N) is 2. The van der Waals surface area contributed by atoms with Crippen LogP contribution in [0.4, 0.5) is 10.8 Å². The predicted octanol–water partition coefficient (Wildman–Crippen LogP) is 5.19. The number of anilines is 2. The number of rotatable bonds is 9.